The Labute approximate surface area is 141 Å². The smallest absolute Gasteiger partial charge is 0.251 e. The maximum absolute atomic E-state index is 12.2. The number of aryl methyl sites for hydroxylation is 1. The number of rotatable bonds is 6. The van der Waals surface area contributed by atoms with Gasteiger partial charge in [0.25, 0.3) is 5.91 Å². The highest BCUT2D eigenvalue weighted by Crippen LogP contribution is 2.17. The Hall–Kier alpha value is -2.66. The Balaban J connectivity index is 1.93. The van der Waals surface area contributed by atoms with E-state index in [0.717, 1.165) is 16.7 Å². The molecule has 2 rings (SSSR count). The van der Waals surface area contributed by atoms with E-state index in [1.54, 1.807) is 12.1 Å². The van der Waals surface area contributed by atoms with Crippen LogP contribution in [0.2, 0.25) is 0 Å². The van der Waals surface area contributed by atoms with Crippen LogP contribution < -0.4 is 10.6 Å². The lowest BCUT2D eigenvalue weighted by molar-refractivity contribution is -0.114. The Bertz CT molecular complexity index is 724. The van der Waals surface area contributed by atoms with E-state index in [-0.39, 0.29) is 18.4 Å². The van der Waals surface area contributed by atoms with Gasteiger partial charge in [0.05, 0.1) is 6.61 Å². The standard InChI is InChI=1S/C19H22N2O3/c1-13-3-8-17(11-18(13)21-14(2)23)19(24)20-10-9-15-4-6-16(12-22)7-5-15/h3-8,11,22H,9-10,12H2,1-2H3,(H,20,24)(H,21,23). The molecule has 0 atom stereocenters. The first-order valence-electron chi connectivity index (χ1n) is 7.84. The molecule has 0 aliphatic carbocycles. The summed E-state index contributed by atoms with van der Waals surface area (Å²) in [6, 6.07) is 12.9. The summed E-state index contributed by atoms with van der Waals surface area (Å²) in [6.45, 7) is 3.86. The third-order valence-corrected chi connectivity index (χ3v) is 3.72. The molecule has 0 aliphatic rings. The lowest BCUT2D eigenvalue weighted by Gasteiger charge is -2.10. The molecule has 5 nitrogen and oxygen atoms in total. The fraction of sp³-hybridized carbons (Fsp3) is 0.263. The second kappa shape index (κ2) is 8.26. The van der Waals surface area contributed by atoms with Crippen molar-refractivity contribution in [2.75, 3.05) is 11.9 Å². The molecule has 2 aromatic rings. The topological polar surface area (TPSA) is 78.4 Å². The van der Waals surface area contributed by atoms with Gasteiger partial charge in [0.1, 0.15) is 0 Å². The molecule has 0 heterocycles. The van der Waals surface area contributed by atoms with Crippen molar-refractivity contribution in [2.24, 2.45) is 0 Å². The van der Waals surface area contributed by atoms with E-state index in [0.29, 0.717) is 24.2 Å². The number of hydrogen-bond donors (Lipinski definition) is 3. The number of hydrogen-bond acceptors (Lipinski definition) is 3. The molecule has 5 heteroatoms. The van der Waals surface area contributed by atoms with Crippen LogP contribution in [-0.4, -0.2) is 23.5 Å². The predicted octanol–water partition coefficient (Wildman–Crippen LogP) is 2.42. The lowest BCUT2D eigenvalue weighted by atomic mass is 10.1. The van der Waals surface area contributed by atoms with Gasteiger partial charge in [-0.3, -0.25) is 9.59 Å². The lowest BCUT2D eigenvalue weighted by Crippen LogP contribution is -2.25. The van der Waals surface area contributed by atoms with Crippen LogP contribution in [0.4, 0.5) is 5.69 Å². The van der Waals surface area contributed by atoms with Crippen LogP contribution in [0.1, 0.15) is 34.0 Å². The van der Waals surface area contributed by atoms with Crippen molar-refractivity contribution in [2.45, 2.75) is 26.9 Å². The first kappa shape index (κ1) is 17.7. The van der Waals surface area contributed by atoms with Crippen molar-refractivity contribution in [3.63, 3.8) is 0 Å². The highest BCUT2D eigenvalue weighted by Gasteiger charge is 2.08. The van der Waals surface area contributed by atoms with Crippen molar-refractivity contribution >= 4 is 17.5 Å². The van der Waals surface area contributed by atoms with Gasteiger partial charge < -0.3 is 15.7 Å². The van der Waals surface area contributed by atoms with Crippen molar-refractivity contribution in [1.82, 2.24) is 5.32 Å². The van der Waals surface area contributed by atoms with E-state index in [4.69, 9.17) is 5.11 Å². The van der Waals surface area contributed by atoms with Gasteiger partial charge in [0, 0.05) is 24.7 Å². The Morgan fingerprint density at radius 2 is 1.71 bits per heavy atom. The van der Waals surface area contributed by atoms with Crippen LogP contribution in [0.3, 0.4) is 0 Å². The molecule has 0 aliphatic heterocycles. The first-order chi connectivity index (χ1) is 11.5. The molecule has 126 valence electrons. The third kappa shape index (κ3) is 4.93. The number of aliphatic hydroxyl groups is 1. The maximum atomic E-state index is 12.2. The van der Waals surface area contributed by atoms with E-state index >= 15 is 0 Å². The fourth-order valence-electron chi connectivity index (χ4n) is 2.32. The molecular weight excluding hydrogens is 304 g/mol. The summed E-state index contributed by atoms with van der Waals surface area (Å²) < 4.78 is 0. The van der Waals surface area contributed by atoms with E-state index in [1.807, 2.05) is 37.3 Å². The molecule has 0 spiro atoms. The van der Waals surface area contributed by atoms with Gasteiger partial charge in [-0.1, -0.05) is 30.3 Å². The zero-order valence-electron chi connectivity index (χ0n) is 13.9. The van der Waals surface area contributed by atoms with Crippen molar-refractivity contribution in [3.05, 3.63) is 64.7 Å². The minimum absolute atomic E-state index is 0.0288. The number of carbonyl (C=O) groups excluding carboxylic acids is 2. The quantitative estimate of drug-likeness (QED) is 0.763. The van der Waals surface area contributed by atoms with Crippen molar-refractivity contribution in [1.29, 1.82) is 0 Å². The fourth-order valence-corrected chi connectivity index (χ4v) is 2.32. The van der Waals surface area contributed by atoms with E-state index in [2.05, 4.69) is 10.6 Å². The van der Waals surface area contributed by atoms with Gasteiger partial charge in [-0.25, -0.2) is 0 Å². The third-order valence-electron chi connectivity index (χ3n) is 3.72. The Kier molecular flexibility index (Phi) is 6.09. The zero-order valence-corrected chi connectivity index (χ0v) is 13.9. The molecule has 0 radical (unpaired) electrons. The van der Waals surface area contributed by atoms with E-state index < -0.39 is 0 Å². The van der Waals surface area contributed by atoms with Crippen LogP contribution in [0.5, 0.6) is 0 Å². The largest absolute Gasteiger partial charge is 0.392 e. The molecule has 24 heavy (non-hydrogen) atoms. The minimum atomic E-state index is -0.173. The van der Waals surface area contributed by atoms with Crippen LogP contribution in [0.15, 0.2) is 42.5 Å². The number of carbonyl (C=O) groups is 2. The van der Waals surface area contributed by atoms with Crippen LogP contribution in [-0.2, 0) is 17.8 Å². The number of nitrogens with one attached hydrogen (secondary N) is 2. The van der Waals surface area contributed by atoms with Crippen LogP contribution in [0, 0.1) is 6.92 Å². The molecule has 0 bridgehead atoms. The normalized spacial score (nSPS) is 10.3. The highest BCUT2D eigenvalue weighted by atomic mass is 16.3. The van der Waals surface area contributed by atoms with Gasteiger partial charge in [0.2, 0.25) is 5.91 Å². The zero-order chi connectivity index (χ0) is 17.5. The maximum Gasteiger partial charge on any atom is 0.251 e. The van der Waals surface area contributed by atoms with E-state index in [1.165, 1.54) is 6.92 Å². The summed E-state index contributed by atoms with van der Waals surface area (Å²) in [5, 5.41) is 14.6. The second-order valence-corrected chi connectivity index (χ2v) is 5.69. The highest BCUT2D eigenvalue weighted by molar-refractivity contribution is 5.97. The molecular formula is C19H22N2O3. The molecule has 0 fully saturated rings. The van der Waals surface area contributed by atoms with E-state index in [9.17, 15) is 9.59 Å². The number of benzene rings is 2. The summed E-state index contributed by atoms with van der Waals surface area (Å²) in [5.41, 5.74) is 4.03. The van der Waals surface area contributed by atoms with Crippen LogP contribution in [0.25, 0.3) is 0 Å². The summed E-state index contributed by atoms with van der Waals surface area (Å²) in [7, 11) is 0. The minimum Gasteiger partial charge on any atom is -0.392 e. The molecule has 0 saturated heterocycles. The average Bonchev–Trinajstić information content (AvgIpc) is 2.57. The monoisotopic (exact) mass is 326 g/mol. The first-order valence-corrected chi connectivity index (χ1v) is 7.84. The molecule has 0 saturated carbocycles. The Morgan fingerprint density at radius 3 is 2.33 bits per heavy atom. The number of aliphatic hydroxyl groups excluding tert-OH is 1. The molecule has 2 amide bonds. The van der Waals surface area contributed by atoms with Crippen molar-refractivity contribution < 1.29 is 14.7 Å². The van der Waals surface area contributed by atoms with Crippen LogP contribution >= 0.6 is 0 Å². The summed E-state index contributed by atoms with van der Waals surface area (Å²) in [6.07, 6.45) is 0.710. The van der Waals surface area contributed by atoms with Gasteiger partial charge in [-0.15, -0.1) is 0 Å². The van der Waals surface area contributed by atoms with Gasteiger partial charge >= 0.3 is 0 Å². The summed E-state index contributed by atoms with van der Waals surface area (Å²) in [5.74, 6) is -0.337. The average molecular weight is 326 g/mol. The number of amides is 2. The van der Waals surface area contributed by atoms with Crippen molar-refractivity contribution in [3.8, 4) is 0 Å². The SMILES string of the molecule is CC(=O)Nc1cc(C(=O)NCCc2ccc(CO)cc2)ccc1C. The summed E-state index contributed by atoms with van der Waals surface area (Å²) in [4.78, 5) is 23.4. The van der Waals surface area contributed by atoms with Gasteiger partial charge in [0.15, 0.2) is 0 Å². The number of anilines is 1. The molecule has 0 unspecified atom stereocenters. The van der Waals surface area contributed by atoms with Gasteiger partial charge in [-0.2, -0.15) is 0 Å². The predicted molar refractivity (Wildman–Crippen MR) is 93.9 cm³/mol. The van der Waals surface area contributed by atoms with Gasteiger partial charge in [-0.05, 0) is 42.2 Å². The summed E-state index contributed by atoms with van der Waals surface area (Å²) >= 11 is 0. The molecule has 2 aromatic carbocycles. The Morgan fingerprint density at radius 1 is 1.04 bits per heavy atom. The molecule has 3 N–H and O–H groups in total. The molecule has 0 aromatic heterocycles. The second-order valence-electron chi connectivity index (χ2n) is 5.69.